The average Bonchev–Trinajstić information content (AvgIpc) is 2.65. The number of primary amides is 1. The Morgan fingerprint density at radius 1 is 1.03 bits per heavy atom. The maximum atomic E-state index is 12.8. The van der Waals surface area contributed by atoms with Crippen LogP contribution in [0.4, 0.5) is 16.2 Å². The van der Waals surface area contributed by atoms with Crippen LogP contribution in [-0.4, -0.2) is 24.0 Å². The molecule has 3 amide bonds. The van der Waals surface area contributed by atoms with Gasteiger partial charge in [-0.3, -0.25) is 9.59 Å². The summed E-state index contributed by atoms with van der Waals surface area (Å²) < 4.78 is 5.00. The lowest BCUT2D eigenvalue weighted by molar-refractivity contribution is -0.124. The van der Waals surface area contributed by atoms with Gasteiger partial charge in [-0.15, -0.1) is 0 Å². The number of carbonyl (C=O) groups is 3. The average molecular weight is 432 g/mol. The zero-order chi connectivity index (χ0) is 22.3. The van der Waals surface area contributed by atoms with Gasteiger partial charge in [0.05, 0.1) is 16.3 Å². The summed E-state index contributed by atoms with van der Waals surface area (Å²) in [5.41, 5.74) is 5.94. The first-order chi connectivity index (χ1) is 14.1. The number of amides is 3. The highest BCUT2D eigenvalue weighted by atomic mass is 35.5. The molecule has 1 atom stereocenters. The van der Waals surface area contributed by atoms with Crippen LogP contribution in [0.5, 0.6) is 0 Å². The Bertz CT molecular complexity index is 910. The van der Waals surface area contributed by atoms with Crippen LogP contribution >= 0.6 is 11.6 Å². The van der Waals surface area contributed by atoms with Gasteiger partial charge in [-0.1, -0.05) is 56.6 Å². The second-order valence-corrected chi connectivity index (χ2v) is 8.40. The largest absolute Gasteiger partial charge is 0.436 e. The SMILES string of the molecule is CC(C)(C)CC[C@H](OC(N)=O)C(=O)Nc1cccc(Cl)c1C(=O)Nc1ccccc1. The third kappa shape index (κ3) is 7.08. The quantitative estimate of drug-likeness (QED) is 0.583. The van der Waals surface area contributed by atoms with Crippen LogP contribution in [0.1, 0.15) is 44.0 Å². The summed E-state index contributed by atoms with van der Waals surface area (Å²) in [6.45, 7) is 6.03. The highest BCUT2D eigenvalue weighted by Crippen LogP contribution is 2.27. The molecule has 30 heavy (non-hydrogen) atoms. The summed E-state index contributed by atoms with van der Waals surface area (Å²) in [4.78, 5) is 36.8. The first-order valence-electron chi connectivity index (χ1n) is 9.49. The molecule has 0 radical (unpaired) electrons. The van der Waals surface area contributed by atoms with Gasteiger partial charge >= 0.3 is 6.09 Å². The number of nitrogens with two attached hydrogens (primary N) is 1. The number of anilines is 2. The summed E-state index contributed by atoms with van der Waals surface area (Å²) in [6, 6.07) is 13.6. The zero-order valence-electron chi connectivity index (χ0n) is 17.2. The van der Waals surface area contributed by atoms with E-state index < -0.39 is 24.0 Å². The standard InChI is InChI=1S/C22H26ClN3O4/c1-22(2,3)13-12-17(30-21(24)29)19(27)26-16-11-7-10-15(23)18(16)20(28)25-14-8-5-4-6-9-14/h4-11,17H,12-13H2,1-3H3,(H2,24,29)(H,25,28)(H,26,27)/t17-/m0/s1. The number of nitrogens with one attached hydrogen (secondary N) is 2. The van der Waals surface area contributed by atoms with Crippen LogP contribution in [0.2, 0.25) is 5.02 Å². The first-order valence-corrected chi connectivity index (χ1v) is 9.86. The lowest BCUT2D eigenvalue weighted by atomic mass is 9.89. The molecule has 0 heterocycles. The Morgan fingerprint density at radius 2 is 1.70 bits per heavy atom. The smallest absolute Gasteiger partial charge is 0.405 e. The van der Waals surface area contributed by atoms with Crippen molar-refractivity contribution in [3.63, 3.8) is 0 Å². The minimum atomic E-state index is -1.09. The van der Waals surface area contributed by atoms with E-state index in [4.69, 9.17) is 22.1 Å². The summed E-state index contributed by atoms with van der Waals surface area (Å²) >= 11 is 6.24. The van der Waals surface area contributed by atoms with Gasteiger partial charge in [-0.2, -0.15) is 0 Å². The molecular weight excluding hydrogens is 406 g/mol. The molecule has 0 aliphatic heterocycles. The van der Waals surface area contributed by atoms with Crippen molar-refractivity contribution >= 4 is 40.9 Å². The second-order valence-electron chi connectivity index (χ2n) is 8.00. The lowest BCUT2D eigenvalue weighted by Crippen LogP contribution is -2.35. The molecule has 2 rings (SSSR count). The van der Waals surface area contributed by atoms with Gasteiger partial charge < -0.3 is 21.1 Å². The third-order valence-corrected chi connectivity index (χ3v) is 4.55. The minimum absolute atomic E-state index is 0.0731. The van der Waals surface area contributed by atoms with Crippen molar-refractivity contribution in [2.75, 3.05) is 10.6 Å². The molecule has 0 spiro atoms. The van der Waals surface area contributed by atoms with E-state index in [1.54, 1.807) is 42.5 Å². The predicted octanol–water partition coefficient (Wildman–Crippen LogP) is 4.82. The highest BCUT2D eigenvalue weighted by Gasteiger charge is 2.26. The molecule has 4 N–H and O–H groups in total. The third-order valence-electron chi connectivity index (χ3n) is 4.24. The molecule has 0 aliphatic carbocycles. The van der Waals surface area contributed by atoms with E-state index >= 15 is 0 Å². The number of carbonyl (C=O) groups excluding carboxylic acids is 3. The summed E-state index contributed by atoms with van der Waals surface area (Å²) in [5, 5.41) is 5.55. The summed E-state index contributed by atoms with van der Waals surface area (Å²) in [6.07, 6.45) is -1.23. The Labute approximate surface area is 180 Å². The summed E-state index contributed by atoms with van der Waals surface area (Å²) in [5.74, 6) is -1.07. The van der Waals surface area contributed by atoms with Gasteiger partial charge in [-0.05, 0) is 42.5 Å². The number of rotatable bonds is 7. The number of benzene rings is 2. The van der Waals surface area contributed by atoms with Crippen LogP contribution < -0.4 is 16.4 Å². The van der Waals surface area contributed by atoms with Crippen molar-refractivity contribution in [2.45, 2.75) is 39.7 Å². The fourth-order valence-electron chi connectivity index (χ4n) is 2.74. The van der Waals surface area contributed by atoms with Crippen molar-refractivity contribution in [3.8, 4) is 0 Å². The zero-order valence-corrected chi connectivity index (χ0v) is 18.0. The monoisotopic (exact) mass is 431 g/mol. The first kappa shape index (κ1) is 23.2. The highest BCUT2D eigenvalue weighted by molar-refractivity contribution is 6.35. The van der Waals surface area contributed by atoms with E-state index in [9.17, 15) is 14.4 Å². The summed E-state index contributed by atoms with van der Waals surface area (Å²) in [7, 11) is 0. The van der Waals surface area contributed by atoms with Crippen LogP contribution in [0.15, 0.2) is 48.5 Å². The number of para-hydroxylation sites is 1. The molecule has 8 heteroatoms. The molecule has 0 aliphatic rings. The van der Waals surface area contributed by atoms with E-state index in [2.05, 4.69) is 10.6 Å². The van der Waals surface area contributed by atoms with E-state index in [1.807, 2.05) is 26.8 Å². The van der Waals surface area contributed by atoms with E-state index in [0.29, 0.717) is 12.1 Å². The molecule has 0 aromatic heterocycles. The van der Waals surface area contributed by atoms with Crippen molar-refractivity contribution < 1.29 is 19.1 Å². The van der Waals surface area contributed by atoms with Gasteiger partial charge in [0.1, 0.15) is 0 Å². The van der Waals surface area contributed by atoms with E-state index in [-0.39, 0.29) is 28.1 Å². The maximum absolute atomic E-state index is 12.8. The van der Waals surface area contributed by atoms with Crippen molar-refractivity contribution in [2.24, 2.45) is 11.1 Å². The van der Waals surface area contributed by atoms with Gasteiger partial charge in [0.25, 0.3) is 11.8 Å². The Kier molecular flexibility index (Phi) is 7.83. The molecule has 160 valence electrons. The molecule has 7 nitrogen and oxygen atoms in total. The second kappa shape index (κ2) is 10.1. The predicted molar refractivity (Wildman–Crippen MR) is 118 cm³/mol. The Balaban J connectivity index is 2.23. The van der Waals surface area contributed by atoms with Crippen LogP contribution in [0.25, 0.3) is 0 Å². The molecular formula is C22H26ClN3O4. The Hall–Kier alpha value is -3.06. The number of hydrogen-bond acceptors (Lipinski definition) is 4. The normalized spacial score (nSPS) is 12.0. The minimum Gasteiger partial charge on any atom is -0.436 e. The van der Waals surface area contributed by atoms with Crippen molar-refractivity contribution in [3.05, 3.63) is 59.1 Å². The lowest BCUT2D eigenvalue weighted by Gasteiger charge is -2.23. The Morgan fingerprint density at radius 3 is 2.30 bits per heavy atom. The molecule has 2 aromatic rings. The van der Waals surface area contributed by atoms with Crippen molar-refractivity contribution in [1.82, 2.24) is 0 Å². The fourth-order valence-corrected chi connectivity index (χ4v) is 3.00. The van der Waals surface area contributed by atoms with Crippen molar-refractivity contribution in [1.29, 1.82) is 0 Å². The van der Waals surface area contributed by atoms with Gasteiger partial charge in [-0.25, -0.2) is 4.79 Å². The number of halogens is 1. The fraction of sp³-hybridized carbons (Fsp3) is 0.318. The van der Waals surface area contributed by atoms with E-state index in [0.717, 1.165) is 0 Å². The molecule has 0 bridgehead atoms. The molecule has 0 fully saturated rings. The molecule has 0 saturated carbocycles. The molecule has 0 unspecified atom stereocenters. The molecule has 0 saturated heterocycles. The topological polar surface area (TPSA) is 111 Å². The number of hydrogen-bond donors (Lipinski definition) is 3. The molecule has 2 aromatic carbocycles. The van der Waals surface area contributed by atoms with E-state index in [1.165, 1.54) is 0 Å². The maximum Gasteiger partial charge on any atom is 0.405 e. The number of ether oxygens (including phenoxy) is 1. The van der Waals surface area contributed by atoms with Gasteiger partial charge in [0.2, 0.25) is 0 Å². The van der Waals surface area contributed by atoms with Gasteiger partial charge in [0.15, 0.2) is 6.10 Å². The van der Waals surface area contributed by atoms with Crippen LogP contribution in [0, 0.1) is 5.41 Å². The van der Waals surface area contributed by atoms with Crippen LogP contribution in [0.3, 0.4) is 0 Å². The van der Waals surface area contributed by atoms with Crippen LogP contribution in [-0.2, 0) is 9.53 Å². The van der Waals surface area contributed by atoms with Gasteiger partial charge in [0, 0.05) is 5.69 Å².